The Balaban J connectivity index is 1.71. The van der Waals surface area contributed by atoms with Gasteiger partial charge in [0.1, 0.15) is 0 Å². The van der Waals surface area contributed by atoms with Crippen LogP contribution < -0.4 is 0 Å². The number of carbonyl (C=O) groups is 1. The molecule has 1 aliphatic carbocycles. The number of pyridine rings is 1. The zero-order chi connectivity index (χ0) is 18.8. The van der Waals surface area contributed by atoms with Crippen LogP contribution in [-0.2, 0) is 4.79 Å². The predicted octanol–water partition coefficient (Wildman–Crippen LogP) is 5.58. The molecular weight excluding hydrogens is 356 g/mol. The van der Waals surface area contributed by atoms with Gasteiger partial charge >= 0.3 is 5.97 Å². The van der Waals surface area contributed by atoms with Crippen molar-refractivity contribution < 1.29 is 9.90 Å². The summed E-state index contributed by atoms with van der Waals surface area (Å²) < 4.78 is 1.13. The normalized spacial score (nSPS) is 15.2. The van der Waals surface area contributed by atoms with Crippen molar-refractivity contribution in [3.05, 3.63) is 53.2 Å². The van der Waals surface area contributed by atoms with Crippen LogP contribution in [0.25, 0.3) is 21.2 Å². The highest BCUT2D eigenvalue weighted by Crippen LogP contribution is 2.42. The third-order valence-corrected chi connectivity index (χ3v) is 6.78. The zero-order valence-corrected chi connectivity index (χ0v) is 15.7. The number of aliphatic carboxylic acids is 1. The zero-order valence-electron chi connectivity index (χ0n) is 14.9. The standard InChI is InChI=1S/C22H20N2O2S/c23-11-15-4-6-16(7-5-15)19-13-24-12-18-9-20(27-22(18)19)17(10-21(25)26)8-14-2-1-3-14/h4-7,9,12-14,17H,1-3,8,10H2,(H,25,26)/t17-/m0/s1. The Morgan fingerprint density at radius 3 is 2.70 bits per heavy atom. The lowest BCUT2D eigenvalue weighted by atomic mass is 9.78. The van der Waals surface area contributed by atoms with Gasteiger partial charge in [-0.25, -0.2) is 0 Å². The molecule has 0 radical (unpaired) electrons. The maximum Gasteiger partial charge on any atom is 0.303 e. The molecule has 1 N–H and O–H groups in total. The topological polar surface area (TPSA) is 74.0 Å². The molecule has 2 aromatic heterocycles. The van der Waals surface area contributed by atoms with E-state index in [1.54, 1.807) is 11.3 Å². The van der Waals surface area contributed by atoms with Gasteiger partial charge in [-0.15, -0.1) is 11.3 Å². The minimum absolute atomic E-state index is 0.0685. The summed E-state index contributed by atoms with van der Waals surface area (Å²) in [5, 5.41) is 19.4. The first-order valence-electron chi connectivity index (χ1n) is 9.24. The Morgan fingerprint density at radius 2 is 2.07 bits per heavy atom. The number of rotatable bonds is 6. The summed E-state index contributed by atoms with van der Waals surface area (Å²) in [5.41, 5.74) is 2.69. The molecule has 2 heterocycles. The molecule has 3 aromatic rings. The van der Waals surface area contributed by atoms with E-state index in [9.17, 15) is 9.90 Å². The van der Waals surface area contributed by atoms with E-state index in [0.717, 1.165) is 32.5 Å². The first-order chi connectivity index (χ1) is 13.1. The molecule has 1 aliphatic rings. The summed E-state index contributed by atoms with van der Waals surface area (Å²) in [6, 6.07) is 11.8. The molecule has 5 heteroatoms. The maximum absolute atomic E-state index is 11.4. The SMILES string of the molecule is N#Cc1ccc(-c2cncc3cc([C@H](CC(=O)O)CC4CCC4)sc23)cc1. The molecule has 1 fully saturated rings. The van der Waals surface area contributed by atoms with Crippen LogP contribution in [0.3, 0.4) is 0 Å². The van der Waals surface area contributed by atoms with Crippen LogP contribution >= 0.6 is 11.3 Å². The summed E-state index contributed by atoms with van der Waals surface area (Å²) in [5.74, 6) is -0.00285. The van der Waals surface area contributed by atoms with Crippen molar-refractivity contribution in [3.8, 4) is 17.2 Å². The Bertz CT molecular complexity index is 1010. The Kier molecular flexibility index (Phi) is 4.91. The van der Waals surface area contributed by atoms with E-state index in [0.29, 0.717) is 11.5 Å². The minimum Gasteiger partial charge on any atom is -0.481 e. The van der Waals surface area contributed by atoms with E-state index in [1.807, 2.05) is 36.7 Å². The van der Waals surface area contributed by atoms with Gasteiger partial charge in [0.05, 0.1) is 18.1 Å². The van der Waals surface area contributed by atoms with Crippen molar-refractivity contribution in [1.29, 1.82) is 5.26 Å². The van der Waals surface area contributed by atoms with Gasteiger partial charge in [0.15, 0.2) is 0 Å². The molecule has 0 aliphatic heterocycles. The fraction of sp³-hybridized carbons (Fsp3) is 0.318. The van der Waals surface area contributed by atoms with Crippen LogP contribution in [0.5, 0.6) is 0 Å². The van der Waals surface area contributed by atoms with E-state index in [1.165, 1.54) is 19.3 Å². The quantitative estimate of drug-likeness (QED) is 0.609. The van der Waals surface area contributed by atoms with E-state index >= 15 is 0 Å². The van der Waals surface area contributed by atoms with E-state index in [4.69, 9.17) is 5.26 Å². The van der Waals surface area contributed by atoms with Crippen LogP contribution in [0.4, 0.5) is 0 Å². The molecular formula is C22H20N2O2S. The molecule has 0 spiro atoms. The molecule has 1 atom stereocenters. The molecule has 0 bridgehead atoms. The fourth-order valence-electron chi connectivity index (χ4n) is 3.76. The van der Waals surface area contributed by atoms with Gasteiger partial charge in [0.25, 0.3) is 0 Å². The Labute approximate surface area is 162 Å². The van der Waals surface area contributed by atoms with Gasteiger partial charge in [0, 0.05) is 38.8 Å². The molecule has 0 unspecified atom stereocenters. The number of hydrogen-bond acceptors (Lipinski definition) is 4. The second kappa shape index (κ2) is 7.50. The van der Waals surface area contributed by atoms with Gasteiger partial charge in [0.2, 0.25) is 0 Å². The van der Waals surface area contributed by atoms with Crippen molar-refractivity contribution in [2.75, 3.05) is 0 Å². The number of benzene rings is 1. The summed E-state index contributed by atoms with van der Waals surface area (Å²) in [6.45, 7) is 0. The number of nitrogens with zero attached hydrogens (tertiary/aromatic N) is 2. The lowest BCUT2D eigenvalue weighted by Gasteiger charge is -2.28. The number of aromatic nitrogens is 1. The Morgan fingerprint density at radius 1 is 1.30 bits per heavy atom. The molecule has 1 saturated carbocycles. The predicted molar refractivity (Wildman–Crippen MR) is 107 cm³/mol. The molecule has 4 nitrogen and oxygen atoms in total. The summed E-state index contributed by atoms with van der Waals surface area (Å²) in [6.07, 6.45) is 8.55. The highest BCUT2D eigenvalue weighted by Gasteiger charge is 2.26. The average molecular weight is 376 g/mol. The second-order valence-electron chi connectivity index (χ2n) is 7.27. The molecule has 136 valence electrons. The van der Waals surface area contributed by atoms with Gasteiger partial charge in [-0.3, -0.25) is 9.78 Å². The minimum atomic E-state index is -0.734. The van der Waals surface area contributed by atoms with Crippen LogP contribution in [0.15, 0.2) is 42.7 Å². The van der Waals surface area contributed by atoms with Crippen LogP contribution in [0.2, 0.25) is 0 Å². The molecule has 27 heavy (non-hydrogen) atoms. The van der Waals surface area contributed by atoms with Gasteiger partial charge in [-0.05, 0) is 36.1 Å². The lowest BCUT2D eigenvalue weighted by molar-refractivity contribution is -0.137. The van der Waals surface area contributed by atoms with E-state index in [2.05, 4.69) is 17.1 Å². The molecule has 0 saturated heterocycles. The molecule has 0 amide bonds. The Hall–Kier alpha value is -2.71. The average Bonchev–Trinajstić information content (AvgIpc) is 3.07. The summed E-state index contributed by atoms with van der Waals surface area (Å²) in [7, 11) is 0. The highest BCUT2D eigenvalue weighted by atomic mass is 32.1. The van der Waals surface area contributed by atoms with Gasteiger partial charge < -0.3 is 5.11 Å². The van der Waals surface area contributed by atoms with Gasteiger partial charge in [-0.1, -0.05) is 31.4 Å². The fourth-order valence-corrected chi connectivity index (χ4v) is 5.03. The van der Waals surface area contributed by atoms with E-state index < -0.39 is 5.97 Å². The number of carboxylic acids is 1. The second-order valence-corrected chi connectivity index (χ2v) is 8.35. The van der Waals surface area contributed by atoms with Crippen LogP contribution in [-0.4, -0.2) is 16.1 Å². The number of hydrogen-bond donors (Lipinski definition) is 1. The number of carboxylic acid groups (broad SMARTS) is 1. The first-order valence-corrected chi connectivity index (χ1v) is 10.1. The van der Waals surface area contributed by atoms with Crippen molar-refractivity contribution in [3.63, 3.8) is 0 Å². The van der Waals surface area contributed by atoms with Crippen molar-refractivity contribution >= 4 is 27.4 Å². The molecule has 4 rings (SSSR count). The summed E-state index contributed by atoms with van der Waals surface area (Å²) in [4.78, 5) is 16.9. The van der Waals surface area contributed by atoms with E-state index in [-0.39, 0.29) is 12.3 Å². The van der Waals surface area contributed by atoms with Crippen LogP contribution in [0.1, 0.15) is 48.5 Å². The summed E-state index contributed by atoms with van der Waals surface area (Å²) >= 11 is 1.69. The third-order valence-electron chi connectivity index (χ3n) is 5.43. The number of thiophene rings is 1. The third kappa shape index (κ3) is 3.72. The number of nitriles is 1. The van der Waals surface area contributed by atoms with Crippen LogP contribution in [0, 0.1) is 17.2 Å². The van der Waals surface area contributed by atoms with Gasteiger partial charge in [-0.2, -0.15) is 5.26 Å². The monoisotopic (exact) mass is 376 g/mol. The number of fused-ring (bicyclic) bond motifs is 1. The largest absolute Gasteiger partial charge is 0.481 e. The first kappa shape index (κ1) is 17.7. The smallest absolute Gasteiger partial charge is 0.303 e. The highest BCUT2D eigenvalue weighted by molar-refractivity contribution is 7.19. The maximum atomic E-state index is 11.4. The van der Waals surface area contributed by atoms with Crippen molar-refractivity contribution in [1.82, 2.24) is 4.98 Å². The lowest BCUT2D eigenvalue weighted by Crippen LogP contribution is -2.16. The van der Waals surface area contributed by atoms with Crippen molar-refractivity contribution in [2.24, 2.45) is 5.92 Å². The van der Waals surface area contributed by atoms with Crippen molar-refractivity contribution in [2.45, 2.75) is 38.0 Å². The molecule has 1 aromatic carbocycles.